The van der Waals surface area contributed by atoms with Gasteiger partial charge in [0, 0.05) is 21.9 Å². The lowest BCUT2D eigenvalue weighted by Gasteiger charge is -2.08. The van der Waals surface area contributed by atoms with Gasteiger partial charge in [-0.1, -0.05) is 23.7 Å². The highest BCUT2D eigenvalue weighted by atomic mass is 35.5. The molecular weight excluding hydrogens is 311 g/mol. The molecule has 5 heteroatoms. The fourth-order valence-electron chi connectivity index (χ4n) is 1.87. The van der Waals surface area contributed by atoms with Gasteiger partial charge < -0.3 is 4.74 Å². The van der Waals surface area contributed by atoms with E-state index in [2.05, 4.69) is 0 Å². The number of ketones is 1. The molecule has 2 rings (SSSR count). The van der Waals surface area contributed by atoms with Crippen LogP contribution in [0.4, 0.5) is 4.39 Å². The number of ether oxygens (including phenoxy) is 1. The van der Waals surface area contributed by atoms with E-state index in [-0.39, 0.29) is 23.8 Å². The summed E-state index contributed by atoms with van der Waals surface area (Å²) in [6, 6.07) is 11.6. The number of hydrogen-bond donors (Lipinski definition) is 0. The molecule has 0 aromatic heterocycles. The van der Waals surface area contributed by atoms with E-state index in [1.165, 1.54) is 17.8 Å². The highest BCUT2D eigenvalue weighted by molar-refractivity contribution is 8.00. The van der Waals surface area contributed by atoms with Crippen molar-refractivity contribution in [2.24, 2.45) is 0 Å². The third kappa shape index (κ3) is 4.48. The molecule has 2 aromatic rings. The molecule has 21 heavy (non-hydrogen) atoms. The molecular formula is C16H14ClFO2S. The van der Waals surface area contributed by atoms with Crippen molar-refractivity contribution in [2.75, 3.05) is 12.9 Å². The Labute approximate surface area is 132 Å². The maximum absolute atomic E-state index is 13.5. The Hall–Kier alpha value is -1.52. The van der Waals surface area contributed by atoms with E-state index >= 15 is 0 Å². The van der Waals surface area contributed by atoms with Crippen molar-refractivity contribution in [3.8, 4) is 5.75 Å². The molecule has 2 nitrogen and oxygen atoms in total. The van der Waals surface area contributed by atoms with Crippen LogP contribution >= 0.6 is 23.4 Å². The van der Waals surface area contributed by atoms with Gasteiger partial charge in [0.1, 0.15) is 17.3 Å². The largest absolute Gasteiger partial charge is 0.496 e. The van der Waals surface area contributed by atoms with Crippen LogP contribution in [0.15, 0.2) is 47.4 Å². The molecule has 0 N–H and O–H groups in total. The third-order valence-electron chi connectivity index (χ3n) is 2.86. The first-order chi connectivity index (χ1) is 10.1. The Kier molecular flexibility index (Phi) is 5.65. The van der Waals surface area contributed by atoms with Crippen LogP contribution in [0.3, 0.4) is 0 Å². The number of carbonyl (C=O) groups is 1. The Morgan fingerprint density at radius 1 is 1.29 bits per heavy atom. The highest BCUT2D eigenvalue weighted by Crippen LogP contribution is 2.25. The van der Waals surface area contributed by atoms with Gasteiger partial charge in [0.15, 0.2) is 0 Å². The number of rotatable bonds is 6. The number of hydrogen-bond acceptors (Lipinski definition) is 3. The Bertz CT molecular complexity index is 646. The number of Topliss-reactive ketones (excluding diaryl/α,β-unsaturated/α-hetero) is 1. The zero-order valence-electron chi connectivity index (χ0n) is 11.4. The number of thioether (sulfide) groups is 1. The van der Waals surface area contributed by atoms with Gasteiger partial charge in [0.2, 0.25) is 0 Å². The summed E-state index contributed by atoms with van der Waals surface area (Å²) in [5.74, 6) is 0.513. The summed E-state index contributed by atoms with van der Waals surface area (Å²) >= 11 is 7.12. The molecule has 0 saturated heterocycles. The smallest absolute Gasteiger partial charge is 0.147 e. The Morgan fingerprint density at radius 2 is 2.05 bits per heavy atom. The molecule has 0 aliphatic heterocycles. The number of carbonyl (C=O) groups excluding carboxylic acids is 1. The van der Waals surface area contributed by atoms with Crippen LogP contribution in [-0.4, -0.2) is 18.6 Å². The van der Waals surface area contributed by atoms with E-state index in [4.69, 9.17) is 16.3 Å². The maximum atomic E-state index is 13.5. The minimum atomic E-state index is -0.310. The van der Waals surface area contributed by atoms with Gasteiger partial charge in [-0.25, -0.2) is 4.39 Å². The van der Waals surface area contributed by atoms with E-state index < -0.39 is 0 Å². The van der Waals surface area contributed by atoms with Crippen molar-refractivity contribution in [3.63, 3.8) is 0 Å². The Balaban J connectivity index is 1.99. The quantitative estimate of drug-likeness (QED) is 0.737. The van der Waals surface area contributed by atoms with Crippen molar-refractivity contribution < 1.29 is 13.9 Å². The van der Waals surface area contributed by atoms with Crippen molar-refractivity contribution in [2.45, 2.75) is 11.3 Å². The molecule has 0 atom stereocenters. The fourth-order valence-corrected chi connectivity index (χ4v) is 2.86. The molecule has 110 valence electrons. The predicted octanol–water partition coefficient (Wildman–Crippen LogP) is 4.39. The van der Waals surface area contributed by atoms with E-state index in [9.17, 15) is 9.18 Å². The van der Waals surface area contributed by atoms with Crippen molar-refractivity contribution in [1.29, 1.82) is 0 Å². The van der Waals surface area contributed by atoms with Crippen LogP contribution in [-0.2, 0) is 11.2 Å². The van der Waals surface area contributed by atoms with Gasteiger partial charge in [-0.05, 0) is 30.3 Å². The summed E-state index contributed by atoms with van der Waals surface area (Å²) in [5, 5.41) is 0.556. The molecule has 0 amide bonds. The maximum Gasteiger partial charge on any atom is 0.147 e. The summed E-state index contributed by atoms with van der Waals surface area (Å²) in [7, 11) is 1.55. The second-order valence-electron chi connectivity index (χ2n) is 4.39. The van der Waals surface area contributed by atoms with Gasteiger partial charge in [0.05, 0.1) is 12.9 Å². The van der Waals surface area contributed by atoms with Gasteiger partial charge in [-0.2, -0.15) is 0 Å². The monoisotopic (exact) mass is 324 g/mol. The molecule has 0 radical (unpaired) electrons. The third-order valence-corrected chi connectivity index (χ3v) is 4.20. The summed E-state index contributed by atoms with van der Waals surface area (Å²) in [6.07, 6.45) is 0.213. The first kappa shape index (κ1) is 15.9. The molecule has 0 saturated carbocycles. The standard InChI is InChI=1S/C16H14ClFO2S/c1-20-15-7-6-12(17)8-11(15)9-13(19)10-21-16-5-3-2-4-14(16)18/h2-8H,9-10H2,1H3. The van der Waals surface area contributed by atoms with Gasteiger partial charge in [-0.15, -0.1) is 11.8 Å². The normalized spacial score (nSPS) is 10.4. The summed E-state index contributed by atoms with van der Waals surface area (Å²) in [4.78, 5) is 12.5. The predicted molar refractivity (Wildman–Crippen MR) is 83.8 cm³/mol. The van der Waals surface area contributed by atoms with Crippen LogP contribution in [0.1, 0.15) is 5.56 Å². The summed E-state index contributed by atoms with van der Waals surface area (Å²) in [5.41, 5.74) is 0.740. The number of halogens is 2. The minimum absolute atomic E-state index is 0.0104. The fraction of sp³-hybridized carbons (Fsp3) is 0.188. The van der Waals surface area contributed by atoms with Crippen LogP contribution in [0.25, 0.3) is 0 Å². The summed E-state index contributed by atoms with van der Waals surface area (Å²) in [6.45, 7) is 0. The van der Waals surface area contributed by atoms with E-state index in [0.29, 0.717) is 15.7 Å². The molecule has 0 fully saturated rings. The van der Waals surface area contributed by atoms with Crippen molar-refractivity contribution in [1.82, 2.24) is 0 Å². The first-order valence-electron chi connectivity index (χ1n) is 6.31. The van der Waals surface area contributed by atoms with Crippen LogP contribution < -0.4 is 4.74 Å². The number of methoxy groups -OCH3 is 1. The van der Waals surface area contributed by atoms with Gasteiger partial charge in [0.25, 0.3) is 0 Å². The number of benzene rings is 2. The zero-order chi connectivity index (χ0) is 15.2. The SMILES string of the molecule is COc1ccc(Cl)cc1CC(=O)CSc1ccccc1F. The molecule has 0 spiro atoms. The van der Waals surface area contributed by atoms with Crippen LogP contribution in [0, 0.1) is 5.82 Å². The molecule has 0 unspecified atom stereocenters. The van der Waals surface area contributed by atoms with Crippen molar-refractivity contribution in [3.05, 3.63) is 58.9 Å². The van der Waals surface area contributed by atoms with E-state index in [1.807, 2.05) is 0 Å². The highest BCUT2D eigenvalue weighted by Gasteiger charge is 2.11. The summed E-state index contributed by atoms with van der Waals surface area (Å²) < 4.78 is 18.7. The van der Waals surface area contributed by atoms with Crippen molar-refractivity contribution >= 4 is 29.1 Å². The van der Waals surface area contributed by atoms with E-state index in [1.54, 1.807) is 43.5 Å². The van der Waals surface area contributed by atoms with Gasteiger partial charge >= 0.3 is 0 Å². The lowest BCUT2D eigenvalue weighted by Crippen LogP contribution is -2.07. The Morgan fingerprint density at radius 3 is 2.76 bits per heavy atom. The minimum Gasteiger partial charge on any atom is -0.496 e. The second-order valence-corrected chi connectivity index (χ2v) is 5.84. The second kappa shape index (κ2) is 7.48. The molecule has 0 heterocycles. The molecule has 0 bridgehead atoms. The lowest BCUT2D eigenvalue weighted by molar-refractivity contribution is -0.116. The lowest BCUT2D eigenvalue weighted by atomic mass is 10.1. The van der Waals surface area contributed by atoms with E-state index in [0.717, 1.165) is 5.56 Å². The first-order valence-corrected chi connectivity index (χ1v) is 7.68. The van der Waals surface area contributed by atoms with Crippen LogP contribution in [0.2, 0.25) is 5.02 Å². The molecule has 0 aliphatic carbocycles. The van der Waals surface area contributed by atoms with Gasteiger partial charge in [-0.3, -0.25) is 4.79 Å². The zero-order valence-corrected chi connectivity index (χ0v) is 13.0. The topological polar surface area (TPSA) is 26.3 Å². The average Bonchev–Trinajstić information content (AvgIpc) is 2.47. The average molecular weight is 325 g/mol. The molecule has 0 aliphatic rings. The van der Waals surface area contributed by atoms with Crippen LogP contribution in [0.5, 0.6) is 5.75 Å². The molecule has 2 aromatic carbocycles.